The number of hydrogen-bond acceptors (Lipinski definition) is 3. The molecule has 5 nitrogen and oxygen atoms in total. The van der Waals surface area contributed by atoms with E-state index in [1.165, 1.54) is 0 Å². The molecule has 0 radical (unpaired) electrons. The predicted octanol–water partition coefficient (Wildman–Crippen LogP) is 1.03. The number of carbonyl (C=O) groups is 2. The molecule has 2 amide bonds. The fraction of sp³-hybridized carbons (Fsp3) is 0. The normalized spacial score (nSPS) is 16.0. The Morgan fingerprint density at radius 1 is 1.43 bits per heavy atom. The van der Waals surface area contributed by atoms with Crippen LogP contribution in [0.2, 0.25) is 0 Å². The maximum absolute atomic E-state index is 11.3. The number of rotatable bonds is 1. The number of nitrogens with two attached hydrogens (primary N) is 1. The second-order valence-corrected chi connectivity index (χ2v) is 6.11. The van der Waals surface area contributed by atoms with Crippen LogP contribution in [0.5, 0.6) is 0 Å². The Hall–Kier alpha value is -1.31. The van der Waals surface area contributed by atoms with E-state index in [4.69, 9.17) is 8.80 Å². The number of nitrogens with one attached hydrogen (secondary N) is 1. The van der Waals surface area contributed by atoms with Crippen LogP contribution in [0.1, 0.15) is 10.4 Å². The van der Waals surface area contributed by atoms with Crippen LogP contribution in [-0.2, 0) is 3.07 Å². The zero-order valence-electron chi connectivity index (χ0n) is 6.99. The van der Waals surface area contributed by atoms with E-state index in [0.29, 0.717) is 5.56 Å². The molecule has 0 saturated carbocycles. The summed E-state index contributed by atoms with van der Waals surface area (Å²) in [5, 5.41) is 0. The summed E-state index contributed by atoms with van der Waals surface area (Å²) in [6.45, 7) is 0. The Labute approximate surface area is 87.9 Å². The zero-order valence-corrected chi connectivity index (χ0v) is 9.15. The Morgan fingerprint density at radius 2 is 2.14 bits per heavy atom. The van der Waals surface area contributed by atoms with E-state index in [1.54, 1.807) is 24.3 Å². The number of carbonyl (C=O) groups excluding carboxylic acids is 2. The first-order chi connectivity index (χ1) is 6.68. The van der Waals surface area contributed by atoms with Crippen molar-refractivity contribution in [2.75, 3.05) is 0 Å². The van der Waals surface area contributed by atoms with Crippen molar-refractivity contribution in [3.63, 3.8) is 0 Å². The Kier molecular flexibility index (Phi) is 2.28. The van der Waals surface area contributed by atoms with Gasteiger partial charge in [-0.3, -0.25) is 0 Å². The molecule has 1 aromatic carbocycles. The van der Waals surface area contributed by atoms with Gasteiger partial charge in [-0.2, -0.15) is 0 Å². The minimum absolute atomic E-state index is 0.375. The van der Waals surface area contributed by atoms with E-state index in [0.717, 1.165) is 3.57 Å². The molecule has 0 saturated heterocycles. The minimum atomic E-state index is -2.35. The number of urea groups is 1. The van der Waals surface area contributed by atoms with Crippen LogP contribution in [0.25, 0.3) is 0 Å². The van der Waals surface area contributed by atoms with Crippen molar-refractivity contribution in [1.82, 2.24) is 3.53 Å². The van der Waals surface area contributed by atoms with E-state index < -0.39 is 26.5 Å². The van der Waals surface area contributed by atoms with Crippen LogP contribution in [-0.4, -0.2) is 12.0 Å². The van der Waals surface area contributed by atoms with Gasteiger partial charge in [-0.1, -0.05) is 0 Å². The maximum atomic E-state index is 11.3. The fourth-order valence-corrected chi connectivity index (χ4v) is 4.30. The van der Waals surface area contributed by atoms with Gasteiger partial charge in [-0.05, 0) is 0 Å². The van der Waals surface area contributed by atoms with Crippen LogP contribution >= 0.6 is 20.5 Å². The number of benzene rings is 1. The molecule has 6 heteroatoms. The molecule has 1 aromatic rings. The van der Waals surface area contributed by atoms with Crippen LogP contribution in [0.3, 0.4) is 0 Å². The molecule has 0 aromatic heterocycles. The number of primary amides is 1. The molecule has 74 valence electrons. The van der Waals surface area contributed by atoms with Gasteiger partial charge in [0.2, 0.25) is 0 Å². The Morgan fingerprint density at radius 3 is 2.86 bits per heavy atom. The van der Waals surface area contributed by atoms with Crippen LogP contribution in [0, 0.1) is 3.57 Å². The molecular formula is C8H7IN2O3. The number of fused-ring (bicyclic) bond motifs is 1. The van der Waals surface area contributed by atoms with E-state index in [-0.39, 0.29) is 5.97 Å². The second kappa shape index (κ2) is 3.45. The summed E-state index contributed by atoms with van der Waals surface area (Å²) in [6.07, 6.45) is 0. The standard InChI is InChI=1S/C8H7IN2O3/c10-8(13)11-9-6-4-2-1-3-5(6)7(12)14-9/h1-4H,(H3,10,11,13). The topological polar surface area (TPSA) is 81.4 Å². The summed E-state index contributed by atoms with van der Waals surface area (Å²) in [5.41, 5.74) is 5.51. The van der Waals surface area contributed by atoms with Crippen molar-refractivity contribution in [1.29, 1.82) is 0 Å². The number of hydrogen-bond donors (Lipinski definition) is 2. The van der Waals surface area contributed by atoms with E-state index in [2.05, 4.69) is 3.53 Å². The van der Waals surface area contributed by atoms with Gasteiger partial charge in [0.15, 0.2) is 0 Å². The summed E-state index contributed by atoms with van der Waals surface area (Å²) in [5.74, 6) is -0.375. The molecule has 0 fully saturated rings. The number of amides is 2. The first-order valence-electron chi connectivity index (χ1n) is 3.76. The third kappa shape index (κ3) is 1.52. The molecule has 14 heavy (non-hydrogen) atoms. The van der Waals surface area contributed by atoms with Gasteiger partial charge in [-0.15, -0.1) is 0 Å². The molecule has 3 N–H and O–H groups in total. The third-order valence-corrected chi connectivity index (χ3v) is 5.46. The summed E-state index contributed by atoms with van der Waals surface area (Å²) in [6, 6.07) is 6.36. The van der Waals surface area contributed by atoms with Crippen molar-refractivity contribution in [3.8, 4) is 0 Å². The third-order valence-electron chi connectivity index (χ3n) is 1.60. The summed E-state index contributed by atoms with van der Waals surface area (Å²) in [4.78, 5) is 21.9. The van der Waals surface area contributed by atoms with E-state index >= 15 is 0 Å². The molecule has 0 spiro atoms. The van der Waals surface area contributed by atoms with Gasteiger partial charge in [0, 0.05) is 0 Å². The Balaban J connectivity index is 2.34. The van der Waals surface area contributed by atoms with Crippen LogP contribution in [0.4, 0.5) is 4.79 Å². The fourth-order valence-electron chi connectivity index (χ4n) is 1.08. The summed E-state index contributed by atoms with van der Waals surface area (Å²) < 4.78 is 8.32. The summed E-state index contributed by atoms with van der Waals surface area (Å²) in [7, 11) is 0. The van der Waals surface area contributed by atoms with Gasteiger partial charge in [0.25, 0.3) is 0 Å². The second-order valence-electron chi connectivity index (χ2n) is 2.55. The SMILES string of the molecule is NC(=O)NI1OC(=O)c2ccccc21. The first-order valence-corrected chi connectivity index (χ1v) is 6.80. The first kappa shape index (κ1) is 9.25. The monoisotopic (exact) mass is 306 g/mol. The molecule has 1 aliphatic rings. The van der Waals surface area contributed by atoms with E-state index in [1.807, 2.05) is 0 Å². The van der Waals surface area contributed by atoms with Crippen molar-refractivity contribution < 1.29 is 12.7 Å². The molecule has 0 aliphatic carbocycles. The van der Waals surface area contributed by atoms with Crippen molar-refractivity contribution in [3.05, 3.63) is 33.4 Å². The van der Waals surface area contributed by atoms with E-state index in [9.17, 15) is 9.59 Å². The quantitative estimate of drug-likeness (QED) is 0.600. The average molecular weight is 306 g/mol. The van der Waals surface area contributed by atoms with Crippen LogP contribution < -0.4 is 9.26 Å². The molecule has 2 rings (SSSR count). The Bertz CT molecular complexity index is 405. The molecule has 1 heterocycles. The molecular weight excluding hydrogens is 299 g/mol. The van der Waals surface area contributed by atoms with Crippen molar-refractivity contribution in [2.45, 2.75) is 0 Å². The van der Waals surface area contributed by atoms with Crippen molar-refractivity contribution >= 4 is 32.5 Å². The molecule has 0 atom stereocenters. The van der Waals surface area contributed by atoms with Gasteiger partial charge in [0.05, 0.1) is 0 Å². The summed E-state index contributed by atoms with van der Waals surface area (Å²) >= 11 is -2.35. The molecule has 0 bridgehead atoms. The van der Waals surface area contributed by atoms with Crippen LogP contribution in [0.15, 0.2) is 24.3 Å². The zero-order chi connectivity index (χ0) is 10.1. The van der Waals surface area contributed by atoms with Crippen molar-refractivity contribution in [2.24, 2.45) is 5.73 Å². The van der Waals surface area contributed by atoms with Gasteiger partial charge >= 0.3 is 87.8 Å². The molecule has 1 aliphatic heterocycles. The van der Waals surface area contributed by atoms with Gasteiger partial charge < -0.3 is 0 Å². The van der Waals surface area contributed by atoms with Gasteiger partial charge in [-0.25, -0.2) is 0 Å². The number of halogens is 1. The van der Waals surface area contributed by atoms with Gasteiger partial charge in [0.1, 0.15) is 0 Å². The molecule has 0 unspecified atom stereocenters. The average Bonchev–Trinajstić information content (AvgIpc) is 2.44. The predicted molar refractivity (Wildman–Crippen MR) is 57.3 cm³/mol.